The Morgan fingerprint density at radius 1 is 1.56 bits per heavy atom. The van der Waals surface area contributed by atoms with E-state index in [0.717, 1.165) is 0 Å². The van der Waals surface area contributed by atoms with Crippen molar-refractivity contribution >= 4 is 21.9 Å². The largest absolute Gasteiger partial charge is 0.492 e. The quantitative estimate of drug-likeness (QED) is 0.631. The van der Waals surface area contributed by atoms with E-state index < -0.39 is 10.8 Å². The number of hydrogen-bond acceptors (Lipinski definition) is 3. The molecule has 88 valence electrons. The standard InChI is InChI=1S/C11H12BrFO3/c1-7-5-8(3-4-10(7)13)16-6-9(12)11(14)15-2/h3-5,9H,6H2,1-2H3. The summed E-state index contributed by atoms with van der Waals surface area (Å²) in [5, 5.41) is 0. The first-order chi connectivity index (χ1) is 7.54. The number of alkyl halides is 1. The molecule has 0 fully saturated rings. The molecule has 0 bridgehead atoms. The Morgan fingerprint density at radius 3 is 2.81 bits per heavy atom. The van der Waals surface area contributed by atoms with Gasteiger partial charge in [-0.2, -0.15) is 0 Å². The van der Waals surface area contributed by atoms with Crippen molar-refractivity contribution in [3.8, 4) is 5.75 Å². The lowest BCUT2D eigenvalue weighted by molar-refractivity contribution is -0.140. The number of benzene rings is 1. The van der Waals surface area contributed by atoms with E-state index in [9.17, 15) is 9.18 Å². The molecule has 0 saturated carbocycles. The van der Waals surface area contributed by atoms with Crippen LogP contribution in [0.4, 0.5) is 4.39 Å². The minimum Gasteiger partial charge on any atom is -0.492 e. The van der Waals surface area contributed by atoms with Crippen LogP contribution in [0, 0.1) is 12.7 Å². The van der Waals surface area contributed by atoms with Gasteiger partial charge in [-0.1, -0.05) is 15.9 Å². The molecule has 1 unspecified atom stereocenters. The number of aryl methyl sites for hydroxylation is 1. The fourth-order valence-corrected chi connectivity index (χ4v) is 1.39. The summed E-state index contributed by atoms with van der Waals surface area (Å²) in [5.41, 5.74) is 0.502. The van der Waals surface area contributed by atoms with E-state index >= 15 is 0 Å². The van der Waals surface area contributed by atoms with Crippen molar-refractivity contribution < 1.29 is 18.7 Å². The lowest BCUT2D eigenvalue weighted by atomic mass is 10.2. The van der Waals surface area contributed by atoms with E-state index in [0.29, 0.717) is 11.3 Å². The van der Waals surface area contributed by atoms with Crippen molar-refractivity contribution in [3.63, 3.8) is 0 Å². The molecule has 16 heavy (non-hydrogen) atoms. The first-order valence-electron chi connectivity index (χ1n) is 4.65. The summed E-state index contributed by atoms with van der Waals surface area (Å²) in [7, 11) is 1.30. The molecule has 0 aromatic heterocycles. The highest BCUT2D eigenvalue weighted by molar-refractivity contribution is 9.10. The lowest BCUT2D eigenvalue weighted by Crippen LogP contribution is -2.22. The summed E-state index contributed by atoms with van der Waals surface area (Å²) in [6, 6.07) is 4.41. The molecule has 1 aromatic carbocycles. The number of methoxy groups -OCH3 is 1. The zero-order chi connectivity index (χ0) is 12.1. The van der Waals surface area contributed by atoms with Crippen molar-refractivity contribution in [1.29, 1.82) is 0 Å². The van der Waals surface area contributed by atoms with Crippen LogP contribution < -0.4 is 4.74 Å². The van der Waals surface area contributed by atoms with E-state index in [4.69, 9.17) is 4.74 Å². The van der Waals surface area contributed by atoms with Gasteiger partial charge in [0.15, 0.2) is 0 Å². The fourth-order valence-electron chi connectivity index (χ4n) is 1.07. The number of carbonyl (C=O) groups is 1. The van der Waals surface area contributed by atoms with Crippen molar-refractivity contribution in [2.75, 3.05) is 13.7 Å². The molecule has 0 aliphatic carbocycles. The first kappa shape index (κ1) is 13.0. The second kappa shape index (κ2) is 5.84. The molecule has 5 heteroatoms. The van der Waals surface area contributed by atoms with E-state index in [1.165, 1.54) is 19.2 Å². The Labute approximate surface area is 102 Å². The van der Waals surface area contributed by atoms with E-state index in [-0.39, 0.29) is 12.4 Å². The highest BCUT2D eigenvalue weighted by Gasteiger charge is 2.15. The molecule has 1 rings (SSSR count). The summed E-state index contributed by atoms with van der Waals surface area (Å²) in [6.07, 6.45) is 0. The molecule has 0 spiro atoms. The third-order valence-corrected chi connectivity index (χ3v) is 2.62. The highest BCUT2D eigenvalue weighted by Crippen LogP contribution is 2.17. The van der Waals surface area contributed by atoms with Gasteiger partial charge in [-0.3, -0.25) is 4.79 Å². The Balaban J connectivity index is 2.55. The van der Waals surface area contributed by atoms with Gasteiger partial charge in [0, 0.05) is 0 Å². The van der Waals surface area contributed by atoms with E-state index in [2.05, 4.69) is 20.7 Å². The topological polar surface area (TPSA) is 35.5 Å². The van der Waals surface area contributed by atoms with Crippen LogP contribution in [0.2, 0.25) is 0 Å². The second-order valence-electron chi connectivity index (χ2n) is 3.21. The number of hydrogen-bond donors (Lipinski definition) is 0. The van der Waals surface area contributed by atoms with Gasteiger partial charge in [-0.05, 0) is 30.7 Å². The van der Waals surface area contributed by atoms with Gasteiger partial charge in [-0.25, -0.2) is 4.39 Å². The molecular weight excluding hydrogens is 279 g/mol. The molecule has 0 N–H and O–H groups in total. The summed E-state index contributed by atoms with van der Waals surface area (Å²) in [5.74, 6) is -0.165. The van der Waals surface area contributed by atoms with Crippen LogP contribution in [0.5, 0.6) is 5.75 Å². The van der Waals surface area contributed by atoms with Gasteiger partial charge < -0.3 is 9.47 Å². The molecule has 0 aliphatic heterocycles. The van der Waals surface area contributed by atoms with Gasteiger partial charge >= 0.3 is 5.97 Å². The fraction of sp³-hybridized carbons (Fsp3) is 0.364. The first-order valence-corrected chi connectivity index (χ1v) is 5.57. The highest BCUT2D eigenvalue weighted by atomic mass is 79.9. The monoisotopic (exact) mass is 290 g/mol. The number of ether oxygens (including phenoxy) is 2. The maximum atomic E-state index is 12.9. The summed E-state index contributed by atoms with van der Waals surface area (Å²) >= 11 is 3.12. The predicted molar refractivity (Wildman–Crippen MR) is 61.4 cm³/mol. The van der Waals surface area contributed by atoms with Crippen LogP contribution in [-0.2, 0) is 9.53 Å². The van der Waals surface area contributed by atoms with Crippen LogP contribution in [0.15, 0.2) is 18.2 Å². The third kappa shape index (κ3) is 3.48. The Hall–Kier alpha value is -1.10. The Morgan fingerprint density at radius 2 is 2.25 bits per heavy atom. The van der Waals surface area contributed by atoms with Gasteiger partial charge in [-0.15, -0.1) is 0 Å². The van der Waals surface area contributed by atoms with Gasteiger partial charge in [0.1, 0.15) is 23.0 Å². The van der Waals surface area contributed by atoms with Crippen LogP contribution >= 0.6 is 15.9 Å². The third-order valence-electron chi connectivity index (χ3n) is 1.98. The molecule has 1 aromatic rings. The molecule has 0 amide bonds. The van der Waals surface area contributed by atoms with Gasteiger partial charge in [0.05, 0.1) is 7.11 Å². The maximum absolute atomic E-state index is 12.9. The lowest BCUT2D eigenvalue weighted by Gasteiger charge is -2.10. The van der Waals surface area contributed by atoms with Gasteiger partial charge in [0.2, 0.25) is 0 Å². The van der Waals surface area contributed by atoms with E-state index in [1.54, 1.807) is 13.0 Å². The smallest absolute Gasteiger partial charge is 0.322 e. The molecule has 1 atom stereocenters. The maximum Gasteiger partial charge on any atom is 0.322 e. The van der Waals surface area contributed by atoms with Gasteiger partial charge in [0.25, 0.3) is 0 Å². The molecule has 3 nitrogen and oxygen atoms in total. The average molecular weight is 291 g/mol. The molecule has 0 heterocycles. The zero-order valence-corrected chi connectivity index (χ0v) is 10.6. The summed E-state index contributed by atoms with van der Waals surface area (Å²) < 4.78 is 22.8. The van der Waals surface area contributed by atoms with Crippen molar-refractivity contribution in [1.82, 2.24) is 0 Å². The number of esters is 1. The SMILES string of the molecule is COC(=O)C(Br)COc1ccc(F)c(C)c1. The summed E-state index contributed by atoms with van der Waals surface area (Å²) in [6.45, 7) is 1.78. The molecular formula is C11H12BrFO3. The minimum atomic E-state index is -0.525. The van der Waals surface area contributed by atoms with Crippen LogP contribution in [-0.4, -0.2) is 24.5 Å². The van der Waals surface area contributed by atoms with Crippen molar-refractivity contribution in [2.45, 2.75) is 11.8 Å². The second-order valence-corrected chi connectivity index (χ2v) is 4.32. The normalized spacial score (nSPS) is 12.0. The van der Waals surface area contributed by atoms with Crippen LogP contribution in [0.25, 0.3) is 0 Å². The number of rotatable bonds is 4. The minimum absolute atomic E-state index is 0.137. The molecule has 0 saturated heterocycles. The molecule has 0 aliphatic rings. The average Bonchev–Trinajstić information content (AvgIpc) is 2.29. The van der Waals surface area contributed by atoms with Crippen LogP contribution in [0.3, 0.4) is 0 Å². The van der Waals surface area contributed by atoms with Crippen molar-refractivity contribution in [3.05, 3.63) is 29.6 Å². The molecule has 0 radical (unpaired) electrons. The summed E-state index contributed by atoms with van der Waals surface area (Å²) in [4.78, 5) is 10.5. The van der Waals surface area contributed by atoms with Crippen molar-refractivity contribution in [2.24, 2.45) is 0 Å². The van der Waals surface area contributed by atoms with Crippen LogP contribution in [0.1, 0.15) is 5.56 Å². The number of carbonyl (C=O) groups excluding carboxylic acids is 1. The Kier molecular flexibility index (Phi) is 4.73. The van der Waals surface area contributed by atoms with E-state index in [1.807, 2.05) is 0 Å². The predicted octanol–water partition coefficient (Wildman–Crippen LogP) is 2.45. The zero-order valence-electron chi connectivity index (χ0n) is 9.00. The number of halogens is 2. The Bertz CT molecular complexity index is 381.